The lowest BCUT2D eigenvalue weighted by Gasteiger charge is -2.32. The first-order valence-electron chi connectivity index (χ1n) is 6.43. The largest absolute Gasteiger partial charge is 0.352 e. The highest BCUT2D eigenvalue weighted by atomic mass is 35.5. The lowest BCUT2D eigenvalue weighted by molar-refractivity contribution is -0.121. The highest BCUT2D eigenvalue weighted by molar-refractivity contribution is 8.00. The lowest BCUT2D eigenvalue weighted by Crippen LogP contribution is -2.47. The van der Waals surface area contributed by atoms with Crippen LogP contribution in [0.2, 0.25) is 0 Å². The summed E-state index contributed by atoms with van der Waals surface area (Å²) < 4.78 is 0. The molecule has 1 saturated heterocycles. The van der Waals surface area contributed by atoms with Gasteiger partial charge >= 0.3 is 0 Å². The maximum atomic E-state index is 12.0. The first kappa shape index (κ1) is 15.1. The summed E-state index contributed by atoms with van der Waals surface area (Å²) in [6.07, 6.45) is 7.04. The minimum atomic E-state index is 0. The summed E-state index contributed by atoms with van der Waals surface area (Å²) in [7, 11) is 0. The third-order valence-electron chi connectivity index (χ3n) is 3.76. The topological polar surface area (TPSA) is 55.1 Å². The van der Waals surface area contributed by atoms with Crippen LogP contribution in [-0.4, -0.2) is 29.5 Å². The number of carbonyl (C=O) groups is 1. The molecule has 2 fully saturated rings. The van der Waals surface area contributed by atoms with Gasteiger partial charge < -0.3 is 11.1 Å². The van der Waals surface area contributed by atoms with Crippen LogP contribution in [-0.2, 0) is 4.79 Å². The predicted molar refractivity (Wildman–Crippen MR) is 75.7 cm³/mol. The third kappa shape index (κ3) is 4.04. The maximum absolute atomic E-state index is 12.0. The van der Waals surface area contributed by atoms with Gasteiger partial charge in [0.15, 0.2) is 0 Å². The van der Waals surface area contributed by atoms with Crippen molar-refractivity contribution < 1.29 is 4.79 Å². The van der Waals surface area contributed by atoms with E-state index in [4.69, 9.17) is 5.73 Å². The fourth-order valence-electron chi connectivity index (χ4n) is 2.74. The van der Waals surface area contributed by atoms with Gasteiger partial charge in [-0.05, 0) is 43.9 Å². The molecule has 0 aromatic rings. The van der Waals surface area contributed by atoms with Gasteiger partial charge in [0.2, 0.25) is 5.91 Å². The van der Waals surface area contributed by atoms with Crippen molar-refractivity contribution in [2.75, 3.05) is 12.3 Å². The van der Waals surface area contributed by atoms with Gasteiger partial charge in [-0.1, -0.05) is 12.8 Å². The number of amides is 1. The Morgan fingerprint density at radius 2 is 2.00 bits per heavy atom. The van der Waals surface area contributed by atoms with Crippen LogP contribution in [0.5, 0.6) is 0 Å². The summed E-state index contributed by atoms with van der Waals surface area (Å²) >= 11 is 1.80. The van der Waals surface area contributed by atoms with E-state index < -0.39 is 0 Å². The molecule has 1 saturated carbocycles. The molecule has 0 aromatic carbocycles. The van der Waals surface area contributed by atoms with E-state index in [9.17, 15) is 4.79 Å². The summed E-state index contributed by atoms with van der Waals surface area (Å²) in [6.45, 7) is 0.711. The van der Waals surface area contributed by atoms with Crippen LogP contribution in [0.1, 0.15) is 38.5 Å². The molecule has 0 radical (unpaired) electrons. The van der Waals surface area contributed by atoms with Gasteiger partial charge in [0, 0.05) is 6.04 Å². The van der Waals surface area contributed by atoms with Gasteiger partial charge in [0.05, 0.1) is 5.25 Å². The van der Waals surface area contributed by atoms with Crippen molar-refractivity contribution in [1.82, 2.24) is 5.32 Å². The minimum Gasteiger partial charge on any atom is -0.352 e. The second-order valence-electron chi connectivity index (χ2n) is 4.90. The quantitative estimate of drug-likeness (QED) is 0.830. The molecule has 1 aliphatic heterocycles. The highest BCUT2D eigenvalue weighted by Crippen LogP contribution is 2.28. The lowest BCUT2D eigenvalue weighted by atomic mass is 9.84. The molecule has 1 heterocycles. The van der Waals surface area contributed by atoms with Gasteiger partial charge in [-0.3, -0.25) is 4.79 Å². The molecule has 17 heavy (non-hydrogen) atoms. The smallest absolute Gasteiger partial charge is 0.233 e. The number of rotatable bonds is 3. The summed E-state index contributed by atoms with van der Waals surface area (Å²) in [6, 6.07) is 0.340. The molecule has 2 rings (SSSR count). The SMILES string of the molecule is Cl.NCC1CCCCC1NC(=O)C1CCCS1. The van der Waals surface area contributed by atoms with Crippen molar-refractivity contribution in [3.05, 3.63) is 0 Å². The van der Waals surface area contributed by atoms with E-state index in [1.807, 2.05) is 0 Å². The molecule has 1 aliphatic carbocycles. The first-order valence-corrected chi connectivity index (χ1v) is 7.48. The molecule has 1 amide bonds. The van der Waals surface area contributed by atoms with Gasteiger partial charge in [-0.25, -0.2) is 0 Å². The molecule has 0 spiro atoms. The molecular weight excluding hydrogens is 256 g/mol. The zero-order valence-corrected chi connectivity index (χ0v) is 11.8. The molecular formula is C12H23ClN2OS. The van der Waals surface area contributed by atoms with E-state index in [0.717, 1.165) is 18.6 Å². The fraction of sp³-hybridized carbons (Fsp3) is 0.917. The second-order valence-corrected chi connectivity index (χ2v) is 6.21. The van der Waals surface area contributed by atoms with Gasteiger partial charge in [0.1, 0.15) is 0 Å². The summed E-state index contributed by atoms with van der Waals surface area (Å²) in [5.41, 5.74) is 5.77. The average molecular weight is 279 g/mol. The minimum absolute atomic E-state index is 0. The van der Waals surface area contributed by atoms with E-state index in [0.29, 0.717) is 18.5 Å². The van der Waals surface area contributed by atoms with E-state index in [2.05, 4.69) is 5.32 Å². The second kappa shape index (κ2) is 7.49. The monoisotopic (exact) mass is 278 g/mol. The summed E-state index contributed by atoms with van der Waals surface area (Å²) in [5, 5.41) is 3.43. The van der Waals surface area contributed by atoms with Crippen LogP contribution in [0.3, 0.4) is 0 Å². The third-order valence-corrected chi connectivity index (χ3v) is 5.14. The summed E-state index contributed by atoms with van der Waals surface area (Å²) in [4.78, 5) is 12.0. The maximum Gasteiger partial charge on any atom is 0.233 e. The Morgan fingerprint density at radius 1 is 1.24 bits per heavy atom. The van der Waals surface area contributed by atoms with Crippen LogP contribution >= 0.6 is 24.2 Å². The molecule has 0 bridgehead atoms. The standard InChI is InChI=1S/C12H22N2OS.ClH/c13-8-9-4-1-2-5-10(9)14-12(15)11-6-3-7-16-11;/h9-11H,1-8,13H2,(H,14,15);1H. The fourth-order valence-corrected chi connectivity index (χ4v) is 3.91. The van der Waals surface area contributed by atoms with Crippen LogP contribution in [0.15, 0.2) is 0 Å². The number of carbonyl (C=O) groups excluding carboxylic acids is 1. The van der Waals surface area contributed by atoms with E-state index in [1.54, 1.807) is 11.8 Å². The molecule has 2 aliphatic rings. The Morgan fingerprint density at radius 3 is 2.65 bits per heavy atom. The molecule has 3 nitrogen and oxygen atoms in total. The number of thioether (sulfide) groups is 1. The Balaban J connectivity index is 0.00000144. The number of halogens is 1. The van der Waals surface area contributed by atoms with Crippen molar-refractivity contribution in [2.45, 2.75) is 49.8 Å². The van der Waals surface area contributed by atoms with Crippen LogP contribution in [0, 0.1) is 5.92 Å². The zero-order valence-electron chi connectivity index (χ0n) is 10.2. The molecule has 5 heteroatoms. The van der Waals surface area contributed by atoms with E-state index in [-0.39, 0.29) is 23.6 Å². The van der Waals surface area contributed by atoms with Crippen molar-refractivity contribution >= 4 is 30.1 Å². The van der Waals surface area contributed by atoms with Gasteiger partial charge in [-0.2, -0.15) is 0 Å². The van der Waals surface area contributed by atoms with Gasteiger partial charge in [0.25, 0.3) is 0 Å². The number of nitrogens with one attached hydrogen (secondary N) is 1. The normalized spacial score (nSPS) is 32.9. The van der Waals surface area contributed by atoms with E-state index >= 15 is 0 Å². The van der Waals surface area contributed by atoms with Crippen molar-refractivity contribution in [3.8, 4) is 0 Å². The average Bonchev–Trinajstić information content (AvgIpc) is 2.83. The van der Waals surface area contributed by atoms with Crippen LogP contribution < -0.4 is 11.1 Å². The molecule has 3 atom stereocenters. The van der Waals surface area contributed by atoms with Crippen molar-refractivity contribution in [3.63, 3.8) is 0 Å². The molecule has 0 aromatic heterocycles. The van der Waals surface area contributed by atoms with Crippen LogP contribution in [0.25, 0.3) is 0 Å². The number of nitrogens with two attached hydrogens (primary N) is 1. The zero-order chi connectivity index (χ0) is 11.4. The number of hydrogen-bond acceptors (Lipinski definition) is 3. The Kier molecular flexibility index (Phi) is 6.67. The predicted octanol–water partition coefficient (Wildman–Crippen LogP) is 1.94. The van der Waals surface area contributed by atoms with Crippen molar-refractivity contribution in [2.24, 2.45) is 11.7 Å². The Hall–Kier alpha value is 0.0700. The molecule has 3 N–H and O–H groups in total. The van der Waals surface area contributed by atoms with Crippen LogP contribution in [0.4, 0.5) is 0 Å². The van der Waals surface area contributed by atoms with E-state index in [1.165, 1.54) is 25.7 Å². The molecule has 3 unspecified atom stereocenters. The summed E-state index contributed by atoms with van der Waals surface area (Å²) in [5.74, 6) is 1.90. The number of hydrogen-bond donors (Lipinski definition) is 2. The highest BCUT2D eigenvalue weighted by Gasteiger charge is 2.29. The Labute approximate surface area is 114 Å². The van der Waals surface area contributed by atoms with Gasteiger partial charge in [-0.15, -0.1) is 24.2 Å². The first-order chi connectivity index (χ1) is 7.81. The van der Waals surface area contributed by atoms with Crippen molar-refractivity contribution in [1.29, 1.82) is 0 Å². The Bertz CT molecular complexity index is 247. The molecule has 100 valence electrons.